The van der Waals surface area contributed by atoms with E-state index in [4.69, 9.17) is 4.74 Å². The minimum atomic E-state index is 0.902. The number of aromatic nitrogens is 1. The molecule has 0 amide bonds. The highest BCUT2D eigenvalue weighted by Crippen LogP contribution is 2.24. The van der Waals surface area contributed by atoms with Crippen molar-refractivity contribution in [2.75, 3.05) is 13.7 Å². The van der Waals surface area contributed by atoms with Crippen LogP contribution in [0.15, 0.2) is 85.1 Å². The van der Waals surface area contributed by atoms with E-state index in [1.165, 1.54) is 22.1 Å². The molecule has 0 fully saturated rings. The van der Waals surface area contributed by atoms with Gasteiger partial charge in [-0.15, -0.1) is 0 Å². The fraction of sp³-hybridized carbons (Fsp3) is 0.200. The molecule has 0 spiro atoms. The number of H-pyrrole nitrogens is 1. The molecule has 3 nitrogen and oxygen atoms in total. The normalized spacial score (nSPS) is 11.2. The van der Waals surface area contributed by atoms with E-state index in [1.54, 1.807) is 7.11 Å². The Balaban J connectivity index is 1.52. The Morgan fingerprint density at radius 2 is 1.46 bits per heavy atom. The van der Waals surface area contributed by atoms with Crippen LogP contribution in [0, 0.1) is 0 Å². The number of aromatic amines is 1. The number of rotatable bonds is 8. The molecule has 0 atom stereocenters. The average Bonchev–Trinajstić information content (AvgIpc) is 3.15. The molecule has 0 saturated heterocycles. The van der Waals surface area contributed by atoms with Gasteiger partial charge in [0.25, 0.3) is 0 Å². The molecule has 3 aromatic carbocycles. The van der Waals surface area contributed by atoms with Gasteiger partial charge in [-0.1, -0.05) is 60.7 Å². The molecule has 0 radical (unpaired) electrons. The summed E-state index contributed by atoms with van der Waals surface area (Å²) in [4.78, 5) is 5.91. The molecular weight excluding hydrogens is 344 g/mol. The molecule has 1 aromatic heterocycles. The van der Waals surface area contributed by atoms with Crippen LogP contribution in [0.25, 0.3) is 10.9 Å². The number of nitrogens with zero attached hydrogens (tertiary/aromatic N) is 1. The predicted octanol–water partition coefficient (Wildman–Crippen LogP) is 5.42. The van der Waals surface area contributed by atoms with Crippen LogP contribution in [0.3, 0.4) is 0 Å². The molecule has 1 heterocycles. The van der Waals surface area contributed by atoms with Crippen molar-refractivity contribution in [3.05, 3.63) is 102 Å². The SMILES string of the molecule is COc1ccc2[nH]cc(CCN(Cc3ccccc3)Cc3ccccc3)c2c1. The monoisotopic (exact) mass is 370 g/mol. The summed E-state index contributed by atoms with van der Waals surface area (Å²) >= 11 is 0. The van der Waals surface area contributed by atoms with Crippen molar-refractivity contribution < 1.29 is 4.74 Å². The highest BCUT2D eigenvalue weighted by molar-refractivity contribution is 5.84. The summed E-state index contributed by atoms with van der Waals surface area (Å²) in [6.45, 7) is 2.89. The molecule has 142 valence electrons. The highest BCUT2D eigenvalue weighted by atomic mass is 16.5. The Morgan fingerprint density at radius 1 is 0.821 bits per heavy atom. The van der Waals surface area contributed by atoms with Crippen molar-refractivity contribution in [3.63, 3.8) is 0 Å². The van der Waals surface area contributed by atoms with E-state index in [0.29, 0.717) is 0 Å². The lowest BCUT2D eigenvalue weighted by Crippen LogP contribution is -2.25. The maximum absolute atomic E-state index is 5.41. The van der Waals surface area contributed by atoms with Crippen molar-refractivity contribution in [3.8, 4) is 5.75 Å². The lowest BCUT2D eigenvalue weighted by atomic mass is 10.1. The van der Waals surface area contributed by atoms with Crippen molar-refractivity contribution in [1.29, 1.82) is 0 Å². The summed E-state index contributed by atoms with van der Waals surface area (Å²) < 4.78 is 5.41. The molecule has 4 aromatic rings. The van der Waals surface area contributed by atoms with Crippen LogP contribution in [0.2, 0.25) is 0 Å². The third-order valence-corrected chi connectivity index (χ3v) is 5.17. The first-order valence-electron chi connectivity index (χ1n) is 9.76. The number of nitrogens with one attached hydrogen (secondary N) is 1. The summed E-state index contributed by atoms with van der Waals surface area (Å²) in [7, 11) is 1.72. The lowest BCUT2D eigenvalue weighted by Gasteiger charge is -2.22. The van der Waals surface area contributed by atoms with Gasteiger partial charge in [-0.05, 0) is 41.3 Å². The van der Waals surface area contributed by atoms with Crippen LogP contribution in [0.1, 0.15) is 16.7 Å². The zero-order chi connectivity index (χ0) is 19.2. The van der Waals surface area contributed by atoms with Gasteiger partial charge in [-0.3, -0.25) is 4.90 Å². The summed E-state index contributed by atoms with van der Waals surface area (Å²) in [5.74, 6) is 0.902. The van der Waals surface area contributed by atoms with Crippen molar-refractivity contribution in [1.82, 2.24) is 9.88 Å². The summed E-state index contributed by atoms with van der Waals surface area (Å²) in [5.41, 5.74) is 5.19. The van der Waals surface area contributed by atoms with Crippen molar-refractivity contribution in [2.45, 2.75) is 19.5 Å². The first-order chi connectivity index (χ1) is 13.8. The standard InChI is InChI=1S/C25H26N2O/c1-28-23-12-13-25-24(16-23)22(17-26-25)14-15-27(18-20-8-4-2-5-9-20)19-21-10-6-3-7-11-21/h2-13,16-17,26H,14-15,18-19H2,1H3. The Bertz CT molecular complexity index is 967. The van der Waals surface area contributed by atoms with E-state index in [1.807, 2.05) is 6.07 Å². The fourth-order valence-electron chi connectivity index (χ4n) is 3.67. The Morgan fingerprint density at radius 3 is 2.07 bits per heavy atom. The quantitative estimate of drug-likeness (QED) is 0.448. The number of hydrogen-bond donors (Lipinski definition) is 1. The number of hydrogen-bond acceptors (Lipinski definition) is 2. The molecule has 3 heteroatoms. The minimum absolute atomic E-state index is 0.902. The smallest absolute Gasteiger partial charge is 0.119 e. The molecule has 0 bridgehead atoms. The van der Waals surface area contributed by atoms with Gasteiger partial charge in [0.05, 0.1) is 7.11 Å². The summed E-state index contributed by atoms with van der Waals surface area (Å²) in [6.07, 6.45) is 3.13. The number of benzene rings is 3. The van der Waals surface area contributed by atoms with Gasteiger partial charge < -0.3 is 9.72 Å². The second-order valence-corrected chi connectivity index (χ2v) is 7.16. The van der Waals surface area contributed by atoms with Crippen molar-refractivity contribution in [2.24, 2.45) is 0 Å². The maximum Gasteiger partial charge on any atom is 0.119 e. The predicted molar refractivity (Wildman–Crippen MR) is 116 cm³/mol. The zero-order valence-corrected chi connectivity index (χ0v) is 16.3. The third-order valence-electron chi connectivity index (χ3n) is 5.17. The van der Waals surface area contributed by atoms with Gasteiger partial charge in [0.15, 0.2) is 0 Å². The number of ether oxygens (including phenoxy) is 1. The molecule has 0 aliphatic rings. The fourth-order valence-corrected chi connectivity index (χ4v) is 3.67. The van der Waals surface area contributed by atoms with Crippen LogP contribution in [0.4, 0.5) is 0 Å². The van der Waals surface area contributed by atoms with Crippen LogP contribution in [-0.4, -0.2) is 23.5 Å². The highest BCUT2D eigenvalue weighted by Gasteiger charge is 2.10. The van der Waals surface area contributed by atoms with Crippen LogP contribution >= 0.6 is 0 Å². The first-order valence-corrected chi connectivity index (χ1v) is 9.76. The van der Waals surface area contributed by atoms with E-state index in [0.717, 1.165) is 37.3 Å². The molecule has 0 aliphatic carbocycles. The largest absolute Gasteiger partial charge is 0.497 e. The molecule has 0 saturated carbocycles. The topological polar surface area (TPSA) is 28.3 Å². The Hall–Kier alpha value is -3.04. The second kappa shape index (κ2) is 8.77. The van der Waals surface area contributed by atoms with E-state index in [-0.39, 0.29) is 0 Å². The Labute approximate surface area is 166 Å². The molecule has 4 rings (SSSR count). The second-order valence-electron chi connectivity index (χ2n) is 7.16. The van der Waals surface area contributed by atoms with Crippen LogP contribution in [0.5, 0.6) is 5.75 Å². The van der Waals surface area contributed by atoms with Crippen LogP contribution in [-0.2, 0) is 19.5 Å². The molecule has 1 N–H and O–H groups in total. The zero-order valence-electron chi connectivity index (χ0n) is 16.3. The van der Waals surface area contributed by atoms with E-state index >= 15 is 0 Å². The Kier molecular flexibility index (Phi) is 5.74. The first kappa shape index (κ1) is 18.3. The van der Waals surface area contributed by atoms with Crippen molar-refractivity contribution >= 4 is 10.9 Å². The average molecular weight is 370 g/mol. The van der Waals surface area contributed by atoms with E-state index in [9.17, 15) is 0 Å². The van der Waals surface area contributed by atoms with E-state index < -0.39 is 0 Å². The van der Waals surface area contributed by atoms with Gasteiger partial charge >= 0.3 is 0 Å². The van der Waals surface area contributed by atoms with Gasteiger partial charge in [0, 0.05) is 36.7 Å². The van der Waals surface area contributed by atoms with Gasteiger partial charge in [0.2, 0.25) is 0 Å². The minimum Gasteiger partial charge on any atom is -0.497 e. The maximum atomic E-state index is 5.41. The number of methoxy groups -OCH3 is 1. The van der Waals surface area contributed by atoms with E-state index in [2.05, 4.69) is 88.9 Å². The summed E-state index contributed by atoms with van der Waals surface area (Å²) in [5, 5.41) is 1.25. The number of fused-ring (bicyclic) bond motifs is 1. The van der Waals surface area contributed by atoms with Gasteiger partial charge in [0.1, 0.15) is 5.75 Å². The molecule has 0 aliphatic heterocycles. The lowest BCUT2D eigenvalue weighted by molar-refractivity contribution is 0.260. The summed E-state index contributed by atoms with van der Waals surface area (Å²) in [6, 6.07) is 27.6. The van der Waals surface area contributed by atoms with Crippen LogP contribution < -0.4 is 4.74 Å². The van der Waals surface area contributed by atoms with Gasteiger partial charge in [-0.2, -0.15) is 0 Å². The molecule has 28 heavy (non-hydrogen) atoms. The molecule has 0 unspecified atom stereocenters. The third kappa shape index (κ3) is 4.44. The molecular formula is C25H26N2O. The van der Waals surface area contributed by atoms with Gasteiger partial charge in [-0.25, -0.2) is 0 Å².